The Morgan fingerprint density at radius 3 is 2.82 bits per heavy atom. The van der Waals surface area contributed by atoms with Gasteiger partial charge in [0.1, 0.15) is 0 Å². The predicted octanol–water partition coefficient (Wildman–Crippen LogP) is 2.12. The van der Waals surface area contributed by atoms with Gasteiger partial charge in [0.25, 0.3) is 0 Å². The second-order valence-corrected chi connectivity index (χ2v) is 2.49. The van der Waals surface area contributed by atoms with Crippen LogP contribution in [0.1, 0.15) is 19.3 Å². The first-order valence-electron chi connectivity index (χ1n) is 3.63. The average molecular weight is 177 g/mol. The molecule has 0 aromatic rings. The number of ether oxygens (including phenoxy) is 1. The molecule has 2 nitrogen and oxygen atoms in total. The van der Waals surface area contributed by atoms with Crippen LogP contribution < -0.4 is 0 Å². The van der Waals surface area contributed by atoms with Gasteiger partial charge < -0.3 is 4.74 Å². The molecule has 0 saturated carbocycles. The summed E-state index contributed by atoms with van der Waals surface area (Å²) in [6.45, 7) is 3.89. The molecule has 0 aliphatic heterocycles. The number of hydrogen-bond acceptors (Lipinski definition) is 2. The zero-order valence-electron chi connectivity index (χ0n) is 6.51. The van der Waals surface area contributed by atoms with Gasteiger partial charge in [0.15, 0.2) is 0 Å². The van der Waals surface area contributed by atoms with Crippen LogP contribution in [-0.2, 0) is 9.53 Å². The maximum atomic E-state index is 10.7. The molecule has 0 spiro atoms. The molecule has 0 aliphatic rings. The highest BCUT2D eigenvalue weighted by Gasteiger charge is 1.97. The van der Waals surface area contributed by atoms with E-state index < -0.39 is 0 Å². The van der Waals surface area contributed by atoms with Crippen molar-refractivity contribution in [1.29, 1.82) is 0 Å². The lowest BCUT2D eigenvalue weighted by atomic mass is 10.3. The van der Waals surface area contributed by atoms with Crippen molar-refractivity contribution in [2.45, 2.75) is 19.3 Å². The Labute approximate surface area is 72.2 Å². The fraction of sp³-hybridized carbons (Fsp3) is 0.625. The fourth-order valence-electron chi connectivity index (χ4n) is 0.559. The molecule has 3 heteroatoms. The number of rotatable bonds is 6. The van der Waals surface area contributed by atoms with E-state index in [-0.39, 0.29) is 5.97 Å². The smallest absolute Gasteiger partial charge is 0.309 e. The third-order valence-electron chi connectivity index (χ3n) is 1.10. The SMILES string of the molecule is C=CCC(=O)OCCCCCl. The first-order chi connectivity index (χ1) is 5.31. The molecular weight excluding hydrogens is 164 g/mol. The van der Waals surface area contributed by atoms with Crippen molar-refractivity contribution in [2.75, 3.05) is 12.5 Å². The molecule has 0 radical (unpaired) electrons. The Morgan fingerprint density at radius 2 is 2.27 bits per heavy atom. The van der Waals surface area contributed by atoms with E-state index >= 15 is 0 Å². The Hall–Kier alpha value is -0.500. The standard InChI is InChI=1S/C8H13ClO2/c1-2-5-8(10)11-7-4-3-6-9/h2H,1,3-7H2. The molecule has 0 aromatic carbocycles. The molecule has 0 N–H and O–H groups in total. The highest BCUT2D eigenvalue weighted by atomic mass is 35.5. The van der Waals surface area contributed by atoms with Crippen LogP contribution >= 0.6 is 11.6 Å². The molecule has 0 aliphatic carbocycles. The molecule has 0 unspecified atom stereocenters. The molecule has 0 fully saturated rings. The number of halogens is 1. The van der Waals surface area contributed by atoms with Crippen molar-refractivity contribution in [3.05, 3.63) is 12.7 Å². The van der Waals surface area contributed by atoms with E-state index in [2.05, 4.69) is 6.58 Å². The van der Waals surface area contributed by atoms with Crippen LogP contribution in [0.15, 0.2) is 12.7 Å². The van der Waals surface area contributed by atoms with E-state index in [1.54, 1.807) is 0 Å². The highest BCUT2D eigenvalue weighted by Crippen LogP contribution is 1.94. The zero-order valence-corrected chi connectivity index (χ0v) is 7.27. The van der Waals surface area contributed by atoms with Crippen LogP contribution in [0.3, 0.4) is 0 Å². The number of alkyl halides is 1. The van der Waals surface area contributed by atoms with E-state index in [0.717, 1.165) is 12.8 Å². The van der Waals surface area contributed by atoms with Crippen molar-refractivity contribution >= 4 is 17.6 Å². The summed E-state index contributed by atoms with van der Waals surface area (Å²) in [5, 5.41) is 0. The van der Waals surface area contributed by atoms with Gasteiger partial charge in [-0.05, 0) is 12.8 Å². The molecule has 0 heterocycles. The van der Waals surface area contributed by atoms with Crippen LogP contribution in [0.25, 0.3) is 0 Å². The molecule has 0 atom stereocenters. The third kappa shape index (κ3) is 7.40. The van der Waals surface area contributed by atoms with Crippen molar-refractivity contribution in [2.24, 2.45) is 0 Å². The Bertz CT molecular complexity index is 123. The molecule has 0 amide bonds. The van der Waals surface area contributed by atoms with E-state index in [9.17, 15) is 4.79 Å². The second kappa shape index (κ2) is 7.61. The van der Waals surface area contributed by atoms with Gasteiger partial charge in [0.05, 0.1) is 13.0 Å². The predicted molar refractivity (Wildman–Crippen MR) is 45.7 cm³/mol. The molecule has 11 heavy (non-hydrogen) atoms. The fourth-order valence-corrected chi connectivity index (χ4v) is 0.748. The van der Waals surface area contributed by atoms with Gasteiger partial charge >= 0.3 is 5.97 Å². The first-order valence-corrected chi connectivity index (χ1v) is 4.17. The van der Waals surface area contributed by atoms with Gasteiger partial charge in [0.2, 0.25) is 0 Å². The van der Waals surface area contributed by atoms with Gasteiger partial charge in [-0.15, -0.1) is 18.2 Å². The van der Waals surface area contributed by atoms with Crippen LogP contribution in [0.5, 0.6) is 0 Å². The van der Waals surface area contributed by atoms with Crippen LogP contribution in [0, 0.1) is 0 Å². The number of hydrogen-bond donors (Lipinski definition) is 0. The van der Waals surface area contributed by atoms with Crippen LogP contribution in [0.2, 0.25) is 0 Å². The lowest BCUT2D eigenvalue weighted by Crippen LogP contribution is -2.04. The van der Waals surface area contributed by atoms with Crippen LogP contribution in [0.4, 0.5) is 0 Å². The van der Waals surface area contributed by atoms with E-state index in [0.29, 0.717) is 18.9 Å². The number of esters is 1. The van der Waals surface area contributed by atoms with Crippen molar-refractivity contribution in [3.63, 3.8) is 0 Å². The lowest BCUT2D eigenvalue weighted by Gasteiger charge is -2.00. The van der Waals surface area contributed by atoms with Gasteiger partial charge in [-0.3, -0.25) is 4.79 Å². The van der Waals surface area contributed by atoms with Gasteiger partial charge in [0, 0.05) is 5.88 Å². The monoisotopic (exact) mass is 176 g/mol. The van der Waals surface area contributed by atoms with E-state index in [4.69, 9.17) is 16.3 Å². The third-order valence-corrected chi connectivity index (χ3v) is 1.37. The Kier molecular flexibility index (Phi) is 7.26. The van der Waals surface area contributed by atoms with Gasteiger partial charge in [-0.2, -0.15) is 0 Å². The Balaban J connectivity index is 3.10. The first kappa shape index (κ1) is 10.5. The summed E-state index contributed by atoms with van der Waals surface area (Å²) in [4.78, 5) is 10.7. The summed E-state index contributed by atoms with van der Waals surface area (Å²) in [7, 11) is 0. The summed E-state index contributed by atoms with van der Waals surface area (Å²) in [5.41, 5.74) is 0. The summed E-state index contributed by atoms with van der Waals surface area (Å²) in [5.74, 6) is 0.411. The molecule has 0 rings (SSSR count). The number of carbonyl (C=O) groups excluding carboxylic acids is 1. The number of carbonyl (C=O) groups is 1. The molecule has 64 valence electrons. The number of unbranched alkanes of at least 4 members (excludes halogenated alkanes) is 1. The maximum absolute atomic E-state index is 10.7. The average Bonchev–Trinajstić information content (AvgIpc) is 1.99. The lowest BCUT2D eigenvalue weighted by molar-refractivity contribution is -0.142. The summed E-state index contributed by atoms with van der Waals surface area (Å²) in [6.07, 6.45) is 3.56. The molecule has 0 saturated heterocycles. The van der Waals surface area contributed by atoms with Crippen LogP contribution in [-0.4, -0.2) is 18.5 Å². The second-order valence-electron chi connectivity index (χ2n) is 2.11. The van der Waals surface area contributed by atoms with E-state index in [1.807, 2.05) is 0 Å². The summed E-state index contributed by atoms with van der Waals surface area (Å²) in [6, 6.07) is 0. The minimum Gasteiger partial charge on any atom is -0.465 e. The van der Waals surface area contributed by atoms with Crippen molar-refractivity contribution in [1.82, 2.24) is 0 Å². The zero-order chi connectivity index (χ0) is 8.53. The van der Waals surface area contributed by atoms with E-state index in [1.165, 1.54) is 6.08 Å². The van der Waals surface area contributed by atoms with Gasteiger partial charge in [-0.1, -0.05) is 6.08 Å². The maximum Gasteiger partial charge on any atom is 0.309 e. The minimum atomic E-state index is -0.213. The van der Waals surface area contributed by atoms with Crippen molar-refractivity contribution < 1.29 is 9.53 Å². The highest BCUT2D eigenvalue weighted by molar-refractivity contribution is 6.17. The van der Waals surface area contributed by atoms with Crippen molar-refractivity contribution in [3.8, 4) is 0 Å². The summed E-state index contributed by atoms with van der Waals surface area (Å²) >= 11 is 5.42. The largest absolute Gasteiger partial charge is 0.465 e. The quantitative estimate of drug-likeness (QED) is 0.268. The van der Waals surface area contributed by atoms with Gasteiger partial charge in [-0.25, -0.2) is 0 Å². The molecule has 0 bridgehead atoms. The topological polar surface area (TPSA) is 26.3 Å². The summed E-state index contributed by atoms with van der Waals surface area (Å²) < 4.78 is 4.82. The normalized spacial score (nSPS) is 9.18. The molecule has 0 aromatic heterocycles. The Morgan fingerprint density at radius 1 is 1.55 bits per heavy atom. The minimum absolute atomic E-state index is 0.213. The molecular formula is C8H13ClO2.